The Labute approximate surface area is 111 Å². The van der Waals surface area contributed by atoms with Gasteiger partial charge in [-0.1, -0.05) is 18.2 Å². The topological polar surface area (TPSA) is 96.0 Å². The van der Waals surface area contributed by atoms with Crippen molar-refractivity contribution in [2.75, 3.05) is 5.84 Å². The molecule has 0 aliphatic rings. The second-order valence-electron chi connectivity index (χ2n) is 4.30. The quantitative estimate of drug-likeness (QED) is 0.487. The van der Waals surface area contributed by atoms with Crippen LogP contribution >= 0.6 is 0 Å². The van der Waals surface area contributed by atoms with Crippen LogP contribution in [0, 0.1) is 0 Å². The molecular weight excluding hydrogens is 258 g/mol. The first kappa shape index (κ1) is 10.7. The van der Waals surface area contributed by atoms with Crippen molar-refractivity contribution in [1.82, 2.24) is 29.1 Å². The van der Waals surface area contributed by atoms with E-state index in [1.54, 1.807) is 4.68 Å². The van der Waals surface area contributed by atoms with Gasteiger partial charge in [-0.25, -0.2) is 9.36 Å². The minimum absolute atomic E-state index is 0.264. The van der Waals surface area contributed by atoms with Gasteiger partial charge in [-0.15, -0.1) is 0 Å². The lowest BCUT2D eigenvalue weighted by molar-refractivity contribution is 0.881. The predicted octanol–water partition coefficient (Wildman–Crippen LogP) is -0.0563. The predicted molar refractivity (Wildman–Crippen MR) is 72.0 cm³/mol. The highest BCUT2D eigenvalue weighted by Gasteiger charge is 2.14. The monoisotopic (exact) mass is 267 g/mol. The first-order valence-electron chi connectivity index (χ1n) is 5.90. The summed E-state index contributed by atoms with van der Waals surface area (Å²) in [6.07, 6.45) is 2.82. The highest BCUT2D eigenvalue weighted by Crippen LogP contribution is 2.13. The maximum atomic E-state index is 12.3. The second-order valence-corrected chi connectivity index (χ2v) is 4.30. The summed E-state index contributed by atoms with van der Waals surface area (Å²) in [6.45, 7) is 0. The van der Waals surface area contributed by atoms with Crippen LogP contribution in [0.15, 0.2) is 47.7 Å². The Hall–Kier alpha value is -3.16. The van der Waals surface area contributed by atoms with Crippen molar-refractivity contribution in [3.05, 3.63) is 53.2 Å². The van der Waals surface area contributed by atoms with E-state index in [1.165, 1.54) is 17.2 Å². The molecule has 3 heterocycles. The van der Waals surface area contributed by atoms with Crippen molar-refractivity contribution < 1.29 is 0 Å². The average molecular weight is 267 g/mol. The molecular formula is C12H9N7O. The smallest absolute Gasteiger partial charge is 0.286 e. The first-order chi connectivity index (χ1) is 9.75. The third kappa shape index (κ3) is 1.30. The van der Waals surface area contributed by atoms with Crippen LogP contribution in [0.1, 0.15) is 0 Å². The number of hydrogen-bond acceptors (Lipinski definition) is 5. The van der Waals surface area contributed by atoms with Gasteiger partial charge in [-0.05, 0) is 12.1 Å². The van der Waals surface area contributed by atoms with Gasteiger partial charge < -0.3 is 5.84 Å². The number of hydrogen-bond donors (Lipinski definition) is 1. The maximum absolute atomic E-state index is 12.3. The summed E-state index contributed by atoms with van der Waals surface area (Å²) in [4.78, 5) is 16.7. The van der Waals surface area contributed by atoms with Gasteiger partial charge in [0.2, 0.25) is 0 Å². The number of nitrogens with zero attached hydrogens (tertiary/aromatic N) is 6. The van der Waals surface area contributed by atoms with Crippen LogP contribution in [0.4, 0.5) is 0 Å². The van der Waals surface area contributed by atoms with E-state index < -0.39 is 0 Å². The number of aromatic nitrogens is 6. The summed E-state index contributed by atoms with van der Waals surface area (Å²) in [5, 5.41) is 8.51. The number of fused-ring (bicyclic) bond motifs is 2. The van der Waals surface area contributed by atoms with Crippen molar-refractivity contribution >= 4 is 16.8 Å². The van der Waals surface area contributed by atoms with Gasteiger partial charge in [0.1, 0.15) is 11.7 Å². The van der Waals surface area contributed by atoms with Crippen molar-refractivity contribution in [3.8, 4) is 5.69 Å². The molecule has 0 radical (unpaired) electrons. The molecule has 0 unspecified atom stereocenters. The van der Waals surface area contributed by atoms with Crippen molar-refractivity contribution in [2.24, 2.45) is 0 Å². The van der Waals surface area contributed by atoms with Crippen molar-refractivity contribution in [2.45, 2.75) is 0 Å². The minimum Gasteiger partial charge on any atom is -0.335 e. The van der Waals surface area contributed by atoms with Crippen LogP contribution in [-0.4, -0.2) is 29.1 Å². The number of rotatable bonds is 1. The van der Waals surface area contributed by atoms with E-state index in [-0.39, 0.29) is 11.3 Å². The molecule has 0 aliphatic carbocycles. The molecule has 0 saturated carbocycles. The lowest BCUT2D eigenvalue weighted by Gasteiger charge is -2.02. The fraction of sp³-hybridized carbons (Fsp3) is 0. The van der Waals surface area contributed by atoms with Gasteiger partial charge in [-0.3, -0.25) is 4.79 Å². The minimum atomic E-state index is -0.295. The normalized spacial score (nSPS) is 11.4. The molecule has 8 heteroatoms. The highest BCUT2D eigenvalue weighted by molar-refractivity contribution is 5.76. The van der Waals surface area contributed by atoms with Crippen LogP contribution in [0.5, 0.6) is 0 Å². The van der Waals surface area contributed by atoms with E-state index in [0.29, 0.717) is 11.0 Å². The molecule has 1 aromatic carbocycles. The first-order valence-corrected chi connectivity index (χ1v) is 5.90. The Morgan fingerprint density at radius 1 is 1.10 bits per heavy atom. The van der Waals surface area contributed by atoms with Gasteiger partial charge in [0.25, 0.3) is 11.3 Å². The highest BCUT2D eigenvalue weighted by atomic mass is 16.1. The Morgan fingerprint density at radius 3 is 2.70 bits per heavy atom. The van der Waals surface area contributed by atoms with Gasteiger partial charge in [0.15, 0.2) is 5.65 Å². The van der Waals surface area contributed by atoms with E-state index in [1.807, 2.05) is 30.3 Å². The Kier molecular flexibility index (Phi) is 1.97. The molecule has 2 N–H and O–H groups in total. The van der Waals surface area contributed by atoms with Crippen LogP contribution < -0.4 is 11.4 Å². The third-order valence-corrected chi connectivity index (χ3v) is 3.09. The molecule has 4 aromatic rings. The molecule has 0 atom stereocenters. The molecule has 3 aromatic heterocycles. The van der Waals surface area contributed by atoms with Crippen molar-refractivity contribution in [1.29, 1.82) is 0 Å². The van der Waals surface area contributed by atoms with Gasteiger partial charge in [0.05, 0.1) is 11.9 Å². The van der Waals surface area contributed by atoms with E-state index in [4.69, 9.17) is 5.84 Å². The van der Waals surface area contributed by atoms with Gasteiger partial charge in [-0.2, -0.15) is 19.7 Å². The summed E-state index contributed by atoms with van der Waals surface area (Å²) >= 11 is 0. The van der Waals surface area contributed by atoms with Crippen LogP contribution in [0.3, 0.4) is 0 Å². The van der Waals surface area contributed by atoms with Gasteiger partial charge >= 0.3 is 0 Å². The molecule has 20 heavy (non-hydrogen) atoms. The number of nitrogens with two attached hydrogens (primary N) is 1. The zero-order valence-corrected chi connectivity index (χ0v) is 10.2. The molecule has 8 nitrogen and oxygen atoms in total. The summed E-state index contributed by atoms with van der Waals surface area (Å²) in [7, 11) is 0. The van der Waals surface area contributed by atoms with Crippen LogP contribution in [0.25, 0.3) is 22.5 Å². The van der Waals surface area contributed by atoms with E-state index in [0.717, 1.165) is 10.2 Å². The number of benzene rings is 1. The number of para-hydroxylation sites is 1. The molecule has 0 amide bonds. The molecule has 4 rings (SSSR count). The van der Waals surface area contributed by atoms with Crippen LogP contribution in [0.2, 0.25) is 0 Å². The van der Waals surface area contributed by atoms with E-state index >= 15 is 0 Å². The molecule has 0 aliphatic heterocycles. The van der Waals surface area contributed by atoms with Crippen LogP contribution in [-0.2, 0) is 0 Å². The average Bonchev–Trinajstić information content (AvgIpc) is 3.06. The fourth-order valence-electron chi connectivity index (χ4n) is 2.14. The Bertz CT molecular complexity index is 980. The number of nitrogen functional groups attached to an aromatic ring is 1. The SMILES string of the molecule is Nn1cnn2c(=O)c3cnn(-c4ccccc4)c3nc12. The fourth-order valence-corrected chi connectivity index (χ4v) is 2.14. The molecule has 0 saturated heterocycles. The Morgan fingerprint density at radius 2 is 1.90 bits per heavy atom. The van der Waals surface area contributed by atoms with Crippen molar-refractivity contribution in [3.63, 3.8) is 0 Å². The van der Waals surface area contributed by atoms with Gasteiger partial charge in [0, 0.05) is 0 Å². The Balaban J connectivity index is 2.15. The summed E-state index contributed by atoms with van der Waals surface area (Å²) in [6, 6.07) is 9.46. The molecule has 98 valence electrons. The maximum Gasteiger partial charge on any atom is 0.286 e. The zero-order valence-electron chi connectivity index (χ0n) is 10.2. The summed E-state index contributed by atoms with van der Waals surface area (Å²) in [5.74, 6) is 5.96. The third-order valence-electron chi connectivity index (χ3n) is 3.09. The molecule has 0 fully saturated rings. The largest absolute Gasteiger partial charge is 0.335 e. The molecule has 0 spiro atoms. The van der Waals surface area contributed by atoms with E-state index in [2.05, 4.69) is 15.2 Å². The summed E-state index contributed by atoms with van der Waals surface area (Å²) < 4.78 is 3.95. The molecule has 0 bridgehead atoms. The van der Waals surface area contributed by atoms with E-state index in [9.17, 15) is 4.79 Å². The standard InChI is InChI=1S/C12H9N7O/c13-17-7-15-19-11(20)9-6-14-18(10(9)16-12(17)19)8-4-2-1-3-5-8/h1-7H,13H2. The summed E-state index contributed by atoms with van der Waals surface area (Å²) in [5.41, 5.74) is 0.978. The zero-order chi connectivity index (χ0) is 13.7. The second kappa shape index (κ2) is 3.67. The lowest BCUT2D eigenvalue weighted by atomic mass is 10.3. The lowest BCUT2D eigenvalue weighted by Crippen LogP contribution is -2.18.